The first-order chi connectivity index (χ1) is 4.36. The lowest BCUT2D eigenvalue weighted by Gasteiger charge is -1.82. The van der Waals surface area contributed by atoms with Crippen LogP contribution in [0.1, 0.15) is 13.3 Å². The van der Waals surface area contributed by atoms with E-state index in [2.05, 4.69) is 0 Å². The normalized spacial score (nSPS) is 26.1. The van der Waals surface area contributed by atoms with Crippen LogP contribution in [-0.2, 0) is 0 Å². The number of hydrogen-bond donors (Lipinski definition) is 2. The van der Waals surface area contributed by atoms with E-state index in [4.69, 9.17) is 15.0 Å². The predicted molar refractivity (Wildman–Crippen MR) is 29.4 cm³/mol. The van der Waals surface area contributed by atoms with Crippen LogP contribution in [0, 0.1) is 5.92 Å². The molecule has 10 heavy (non-hydrogen) atoms. The topological polar surface area (TPSA) is 57.5 Å². The van der Waals surface area contributed by atoms with Crippen LogP contribution in [0.15, 0.2) is 0 Å². The molecule has 60 valence electrons. The van der Waals surface area contributed by atoms with Gasteiger partial charge in [0.05, 0.1) is 0 Å². The van der Waals surface area contributed by atoms with E-state index in [1.807, 2.05) is 0 Å². The van der Waals surface area contributed by atoms with Gasteiger partial charge in [-0.3, -0.25) is 0 Å². The fraction of sp³-hybridized carbons (Fsp3) is 0.800. The minimum Gasteiger partial charge on any atom is -0.450 e. The van der Waals surface area contributed by atoms with E-state index in [0.29, 0.717) is 0 Å². The summed E-state index contributed by atoms with van der Waals surface area (Å²) in [5.74, 6) is -2.63. The second-order valence-electron chi connectivity index (χ2n) is 2.15. The van der Waals surface area contributed by atoms with Crippen LogP contribution >= 0.6 is 0 Å². The minimum atomic E-state index is -2.29. The van der Waals surface area contributed by atoms with Crippen LogP contribution in [0.3, 0.4) is 0 Å². The Morgan fingerprint density at radius 3 is 1.70 bits per heavy atom. The maximum Gasteiger partial charge on any atom is 0.503 e. The highest BCUT2D eigenvalue weighted by Crippen LogP contribution is 2.47. The smallest absolute Gasteiger partial charge is 0.450 e. The summed E-state index contributed by atoms with van der Waals surface area (Å²) in [4.78, 5) is 8.56. The van der Waals surface area contributed by atoms with E-state index in [1.54, 1.807) is 6.92 Å². The summed E-state index contributed by atoms with van der Waals surface area (Å²) in [7, 11) is 0. The molecule has 0 saturated heterocycles. The first-order valence-corrected chi connectivity index (χ1v) is 2.66. The zero-order valence-corrected chi connectivity index (χ0v) is 5.34. The molecule has 1 aliphatic rings. The molecule has 1 aliphatic carbocycles. The van der Waals surface area contributed by atoms with Gasteiger partial charge < -0.3 is 10.2 Å². The van der Waals surface area contributed by atoms with Gasteiger partial charge in [0.2, 0.25) is 0 Å². The van der Waals surface area contributed by atoms with Crippen molar-refractivity contribution in [1.82, 2.24) is 0 Å². The Labute approximate surface area is 56.3 Å². The van der Waals surface area contributed by atoms with Crippen molar-refractivity contribution in [2.24, 2.45) is 5.92 Å². The Morgan fingerprint density at radius 2 is 1.70 bits per heavy atom. The van der Waals surface area contributed by atoms with Gasteiger partial charge in [0, 0.05) is 12.3 Å². The Morgan fingerprint density at radius 1 is 1.60 bits per heavy atom. The monoisotopic (exact) mass is 154 g/mol. The average molecular weight is 154 g/mol. The number of hydrogen-bond acceptors (Lipinski definition) is 1. The molecule has 1 atom stereocenters. The van der Waals surface area contributed by atoms with Crippen molar-refractivity contribution in [2.45, 2.75) is 19.3 Å². The predicted octanol–water partition coefficient (Wildman–Crippen LogP) is 1.88. The first-order valence-electron chi connectivity index (χ1n) is 2.66. The van der Waals surface area contributed by atoms with Gasteiger partial charge in [0.25, 0.3) is 5.92 Å². The molecule has 0 bridgehead atoms. The lowest BCUT2D eigenvalue weighted by atomic mass is 10.5. The summed E-state index contributed by atoms with van der Waals surface area (Å²) in [6, 6.07) is 0. The number of carboxylic acid groups (broad SMARTS) is 2. The second-order valence-corrected chi connectivity index (χ2v) is 2.15. The maximum absolute atomic E-state index is 11.5. The fourth-order valence-corrected chi connectivity index (χ4v) is 0.349. The second kappa shape index (κ2) is 2.81. The van der Waals surface area contributed by atoms with Gasteiger partial charge in [-0.05, 0) is 0 Å². The third-order valence-corrected chi connectivity index (χ3v) is 1.14. The van der Waals surface area contributed by atoms with Crippen molar-refractivity contribution < 1.29 is 23.8 Å². The summed E-state index contributed by atoms with van der Waals surface area (Å²) < 4.78 is 23.1. The maximum atomic E-state index is 11.5. The highest BCUT2D eigenvalue weighted by molar-refractivity contribution is 5.53. The van der Waals surface area contributed by atoms with Gasteiger partial charge in [0.1, 0.15) is 0 Å². The van der Waals surface area contributed by atoms with Gasteiger partial charge >= 0.3 is 6.16 Å². The van der Waals surface area contributed by atoms with E-state index in [9.17, 15) is 8.78 Å². The third-order valence-electron chi connectivity index (χ3n) is 1.14. The summed E-state index contributed by atoms with van der Waals surface area (Å²) in [6.45, 7) is 1.56. The highest BCUT2D eigenvalue weighted by atomic mass is 19.3. The Kier molecular flexibility index (Phi) is 2.56. The molecule has 2 N–H and O–H groups in total. The molecule has 1 saturated carbocycles. The summed E-state index contributed by atoms with van der Waals surface area (Å²) in [5.41, 5.74) is 0. The quantitative estimate of drug-likeness (QED) is 0.560. The minimum absolute atomic E-state index is 0.104. The molecule has 0 aromatic carbocycles. The largest absolute Gasteiger partial charge is 0.503 e. The van der Waals surface area contributed by atoms with Crippen LogP contribution in [0.25, 0.3) is 0 Å². The summed E-state index contributed by atoms with van der Waals surface area (Å²) >= 11 is 0. The van der Waals surface area contributed by atoms with Gasteiger partial charge in [-0.25, -0.2) is 13.6 Å². The van der Waals surface area contributed by atoms with E-state index in [-0.39, 0.29) is 12.3 Å². The zero-order valence-electron chi connectivity index (χ0n) is 5.34. The zero-order chi connectivity index (χ0) is 8.36. The molecule has 3 nitrogen and oxygen atoms in total. The van der Waals surface area contributed by atoms with Crippen molar-refractivity contribution in [3.05, 3.63) is 0 Å². The summed E-state index contributed by atoms with van der Waals surface area (Å²) in [6.07, 6.45) is -1.73. The van der Waals surface area contributed by atoms with Crippen LogP contribution in [0.4, 0.5) is 13.6 Å². The Bertz CT molecular complexity index is 131. The van der Waals surface area contributed by atoms with Crippen molar-refractivity contribution in [1.29, 1.82) is 0 Å². The molecule has 0 spiro atoms. The molecule has 0 amide bonds. The number of rotatable bonds is 0. The molecular formula is C5H8F2O3. The van der Waals surface area contributed by atoms with Crippen molar-refractivity contribution in [3.63, 3.8) is 0 Å². The third kappa shape index (κ3) is 4.05. The summed E-state index contributed by atoms with van der Waals surface area (Å²) in [5, 5.41) is 13.9. The van der Waals surface area contributed by atoms with E-state index in [0.717, 1.165) is 0 Å². The van der Waals surface area contributed by atoms with Gasteiger partial charge in [-0.1, -0.05) is 6.92 Å². The van der Waals surface area contributed by atoms with Crippen molar-refractivity contribution in [3.8, 4) is 0 Å². The molecule has 0 radical (unpaired) electrons. The Balaban J connectivity index is 0.000000180. The van der Waals surface area contributed by atoms with E-state index < -0.39 is 12.1 Å². The van der Waals surface area contributed by atoms with E-state index in [1.165, 1.54) is 0 Å². The van der Waals surface area contributed by atoms with Crippen LogP contribution in [0.2, 0.25) is 0 Å². The molecule has 1 fully saturated rings. The standard InChI is InChI=1S/C4H6F2.CH2O3/c1-3-2-4(3,5)6;2-1(3)4/h3H,2H2,1H3;(H2,2,3,4). The van der Waals surface area contributed by atoms with Gasteiger partial charge in [-0.2, -0.15) is 0 Å². The number of alkyl halides is 2. The number of halogens is 2. The lowest BCUT2D eigenvalue weighted by Crippen LogP contribution is -1.87. The van der Waals surface area contributed by atoms with Crippen molar-refractivity contribution >= 4 is 6.16 Å². The molecule has 0 aliphatic heterocycles. The van der Waals surface area contributed by atoms with Gasteiger partial charge in [-0.15, -0.1) is 0 Å². The molecule has 1 unspecified atom stereocenters. The van der Waals surface area contributed by atoms with E-state index >= 15 is 0 Å². The molecule has 5 heteroatoms. The lowest BCUT2D eigenvalue weighted by molar-refractivity contribution is 0.102. The van der Waals surface area contributed by atoms with Crippen LogP contribution in [0.5, 0.6) is 0 Å². The van der Waals surface area contributed by atoms with Crippen molar-refractivity contribution in [2.75, 3.05) is 0 Å². The SMILES string of the molecule is CC1CC1(F)F.O=C(O)O. The van der Waals surface area contributed by atoms with Crippen LogP contribution in [-0.4, -0.2) is 22.3 Å². The first kappa shape index (κ1) is 9.13. The molecule has 0 aromatic rings. The van der Waals surface area contributed by atoms with Crippen LogP contribution < -0.4 is 0 Å². The molecule has 0 heterocycles. The van der Waals surface area contributed by atoms with Gasteiger partial charge in [0.15, 0.2) is 0 Å². The number of carbonyl (C=O) groups is 1. The molecule has 0 aromatic heterocycles. The Hall–Kier alpha value is -0.870. The average Bonchev–Trinajstić information content (AvgIpc) is 2.08. The molecular weight excluding hydrogens is 146 g/mol. The fourth-order valence-electron chi connectivity index (χ4n) is 0.349. The molecule has 1 rings (SSSR count). The highest BCUT2D eigenvalue weighted by Gasteiger charge is 2.53.